The zero-order valence-electron chi connectivity index (χ0n) is 13.5. The highest BCUT2D eigenvalue weighted by Crippen LogP contribution is 2.37. The van der Waals surface area contributed by atoms with Crippen molar-refractivity contribution < 1.29 is 4.74 Å². The Bertz CT molecular complexity index is 1000. The highest BCUT2D eigenvalue weighted by Gasteiger charge is 2.12. The van der Waals surface area contributed by atoms with Crippen LogP contribution in [0.2, 0.25) is 0 Å². The predicted molar refractivity (Wildman–Crippen MR) is 98.0 cm³/mol. The van der Waals surface area contributed by atoms with Crippen LogP contribution in [0.4, 0.5) is 5.95 Å². The molecule has 0 aliphatic heterocycles. The molecule has 5 nitrogen and oxygen atoms in total. The van der Waals surface area contributed by atoms with E-state index in [9.17, 15) is 0 Å². The van der Waals surface area contributed by atoms with Crippen molar-refractivity contribution in [3.05, 3.63) is 78.9 Å². The number of nitrogens with zero attached hydrogens (tertiary/aromatic N) is 3. The molecule has 0 aliphatic carbocycles. The molecule has 4 rings (SSSR count). The monoisotopic (exact) mass is 328 g/mol. The molecule has 0 saturated carbocycles. The Balaban J connectivity index is 1.80. The van der Waals surface area contributed by atoms with Gasteiger partial charge in [-0.25, -0.2) is 9.97 Å². The van der Waals surface area contributed by atoms with Crippen LogP contribution in [0.25, 0.3) is 21.9 Å². The summed E-state index contributed by atoms with van der Waals surface area (Å²) < 4.78 is 6.07. The fourth-order valence-electron chi connectivity index (χ4n) is 2.77. The zero-order chi connectivity index (χ0) is 17.1. The maximum Gasteiger partial charge on any atom is 0.219 e. The number of nitrogen functional groups attached to an aromatic ring is 1. The number of pyridine rings is 1. The quantitative estimate of drug-likeness (QED) is 0.616. The van der Waals surface area contributed by atoms with Gasteiger partial charge >= 0.3 is 0 Å². The second-order valence-corrected chi connectivity index (χ2v) is 5.60. The second kappa shape index (κ2) is 6.57. The zero-order valence-corrected chi connectivity index (χ0v) is 13.5. The van der Waals surface area contributed by atoms with Crippen molar-refractivity contribution in [2.45, 2.75) is 6.61 Å². The van der Waals surface area contributed by atoms with Gasteiger partial charge in [0.1, 0.15) is 12.4 Å². The summed E-state index contributed by atoms with van der Waals surface area (Å²) in [6, 6.07) is 17.9. The van der Waals surface area contributed by atoms with Gasteiger partial charge in [0.15, 0.2) is 0 Å². The Kier molecular flexibility index (Phi) is 3.96. The highest BCUT2D eigenvalue weighted by atomic mass is 16.5. The van der Waals surface area contributed by atoms with Gasteiger partial charge in [-0.05, 0) is 29.0 Å². The fourth-order valence-corrected chi connectivity index (χ4v) is 2.77. The lowest BCUT2D eigenvalue weighted by Gasteiger charge is -2.14. The number of anilines is 1. The van der Waals surface area contributed by atoms with Gasteiger partial charge < -0.3 is 10.5 Å². The van der Waals surface area contributed by atoms with E-state index in [0.717, 1.165) is 33.3 Å². The number of hydrogen-bond acceptors (Lipinski definition) is 5. The molecule has 0 saturated heterocycles. The lowest BCUT2D eigenvalue weighted by Crippen LogP contribution is -2.00. The molecule has 122 valence electrons. The van der Waals surface area contributed by atoms with Crippen LogP contribution >= 0.6 is 0 Å². The third-order valence-corrected chi connectivity index (χ3v) is 3.95. The molecule has 2 aromatic heterocycles. The van der Waals surface area contributed by atoms with E-state index in [2.05, 4.69) is 27.1 Å². The molecule has 0 aliphatic rings. The topological polar surface area (TPSA) is 73.9 Å². The van der Waals surface area contributed by atoms with Crippen LogP contribution in [0, 0.1) is 0 Å². The second-order valence-electron chi connectivity index (χ2n) is 5.60. The van der Waals surface area contributed by atoms with E-state index < -0.39 is 0 Å². The van der Waals surface area contributed by atoms with E-state index in [1.165, 1.54) is 0 Å². The molecule has 0 atom stereocenters. The Morgan fingerprint density at radius 1 is 0.840 bits per heavy atom. The summed E-state index contributed by atoms with van der Waals surface area (Å²) in [6.45, 7) is 0.391. The van der Waals surface area contributed by atoms with Gasteiger partial charge in [0, 0.05) is 29.7 Å². The maximum atomic E-state index is 6.07. The number of ether oxygens (including phenoxy) is 1. The third kappa shape index (κ3) is 3.12. The van der Waals surface area contributed by atoms with Gasteiger partial charge in [-0.1, -0.05) is 36.4 Å². The standard InChI is InChI=1S/C20H16N4O/c21-20-23-11-15(12-24-20)19-17-7-2-1-5-14(17)8-9-18(19)25-13-16-6-3-4-10-22-16/h1-12H,13H2,(H2,21,23,24). The lowest BCUT2D eigenvalue weighted by molar-refractivity contribution is 0.303. The maximum absolute atomic E-state index is 6.07. The van der Waals surface area contributed by atoms with E-state index in [0.29, 0.717) is 6.61 Å². The number of aromatic nitrogens is 3. The third-order valence-electron chi connectivity index (χ3n) is 3.95. The number of fused-ring (bicyclic) bond motifs is 1. The normalized spacial score (nSPS) is 10.7. The average molecular weight is 328 g/mol. The van der Waals surface area contributed by atoms with E-state index in [1.54, 1.807) is 18.6 Å². The summed E-state index contributed by atoms with van der Waals surface area (Å²) in [5.74, 6) is 1.01. The molecule has 2 aromatic carbocycles. The van der Waals surface area contributed by atoms with Crippen molar-refractivity contribution >= 4 is 16.7 Å². The molecule has 0 bridgehead atoms. The molecule has 2 heterocycles. The minimum absolute atomic E-state index is 0.250. The molecule has 0 amide bonds. The van der Waals surface area contributed by atoms with Gasteiger partial charge in [-0.3, -0.25) is 4.98 Å². The summed E-state index contributed by atoms with van der Waals surface area (Å²) in [7, 11) is 0. The fraction of sp³-hybridized carbons (Fsp3) is 0.0500. The van der Waals surface area contributed by atoms with E-state index in [1.807, 2.05) is 42.5 Å². The number of nitrogens with two attached hydrogens (primary N) is 1. The molecule has 0 fully saturated rings. The van der Waals surface area contributed by atoms with Crippen LogP contribution in [0.5, 0.6) is 5.75 Å². The van der Waals surface area contributed by atoms with Crippen molar-refractivity contribution in [2.75, 3.05) is 5.73 Å². The first kappa shape index (κ1) is 15.1. The Morgan fingerprint density at radius 2 is 1.64 bits per heavy atom. The minimum atomic E-state index is 0.250. The van der Waals surface area contributed by atoms with Crippen LogP contribution in [0.3, 0.4) is 0 Å². The molecule has 0 spiro atoms. The van der Waals surface area contributed by atoms with E-state index >= 15 is 0 Å². The summed E-state index contributed by atoms with van der Waals surface area (Å²) >= 11 is 0. The van der Waals surface area contributed by atoms with E-state index in [4.69, 9.17) is 10.5 Å². The molecular weight excluding hydrogens is 312 g/mol. The van der Waals surface area contributed by atoms with Gasteiger partial charge in [-0.2, -0.15) is 0 Å². The summed E-state index contributed by atoms with van der Waals surface area (Å²) in [4.78, 5) is 12.5. The smallest absolute Gasteiger partial charge is 0.219 e. The molecule has 4 aromatic rings. The van der Waals surface area contributed by atoms with E-state index in [-0.39, 0.29) is 5.95 Å². The molecule has 0 radical (unpaired) electrons. The Labute approximate surface area is 145 Å². The first-order chi connectivity index (χ1) is 12.3. The molecule has 2 N–H and O–H groups in total. The summed E-state index contributed by atoms with van der Waals surface area (Å²) in [6.07, 6.45) is 5.20. The number of rotatable bonds is 4. The highest BCUT2D eigenvalue weighted by molar-refractivity contribution is 5.99. The van der Waals surface area contributed by atoms with Gasteiger partial charge in [0.25, 0.3) is 0 Å². The van der Waals surface area contributed by atoms with Gasteiger partial charge in [-0.15, -0.1) is 0 Å². The Morgan fingerprint density at radius 3 is 2.44 bits per heavy atom. The molecule has 0 unspecified atom stereocenters. The van der Waals surface area contributed by atoms with Crippen LogP contribution in [0.1, 0.15) is 5.69 Å². The predicted octanol–water partition coefficient (Wildman–Crippen LogP) is 3.85. The van der Waals surface area contributed by atoms with Crippen LogP contribution in [-0.2, 0) is 6.61 Å². The van der Waals surface area contributed by atoms with Crippen LogP contribution in [-0.4, -0.2) is 15.0 Å². The SMILES string of the molecule is Nc1ncc(-c2c(OCc3ccccn3)ccc3ccccc23)cn1. The van der Waals surface area contributed by atoms with Crippen molar-refractivity contribution in [3.63, 3.8) is 0 Å². The van der Waals surface area contributed by atoms with Gasteiger partial charge in [0.2, 0.25) is 5.95 Å². The van der Waals surface area contributed by atoms with Crippen molar-refractivity contribution in [1.29, 1.82) is 0 Å². The van der Waals surface area contributed by atoms with Gasteiger partial charge in [0.05, 0.1) is 5.69 Å². The lowest BCUT2D eigenvalue weighted by atomic mass is 9.99. The van der Waals surface area contributed by atoms with Crippen LogP contribution in [0.15, 0.2) is 73.2 Å². The van der Waals surface area contributed by atoms with Crippen LogP contribution < -0.4 is 10.5 Å². The van der Waals surface area contributed by atoms with Crippen molar-refractivity contribution in [2.24, 2.45) is 0 Å². The Hall–Kier alpha value is -3.47. The molecule has 5 heteroatoms. The minimum Gasteiger partial charge on any atom is -0.487 e. The van der Waals surface area contributed by atoms with Crippen molar-refractivity contribution in [3.8, 4) is 16.9 Å². The first-order valence-corrected chi connectivity index (χ1v) is 7.93. The summed E-state index contributed by atoms with van der Waals surface area (Å²) in [5, 5.41) is 2.20. The summed E-state index contributed by atoms with van der Waals surface area (Å²) in [5.41, 5.74) is 8.31. The van der Waals surface area contributed by atoms with Crippen molar-refractivity contribution in [1.82, 2.24) is 15.0 Å². The molecule has 25 heavy (non-hydrogen) atoms. The average Bonchev–Trinajstić information content (AvgIpc) is 2.67. The number of benzene rings is 2. The molecular formula is C20H16N4O. The first-order valence-electron chi connectivity index (χ1n) is 7.93. The number of hydrogen-bond donors (Lipinski definition) is 1. The largest absolute Gasteiger partial charge is 0.487 e.